The van der Waals surface area contributed by atoms with Crippen LogP contribution in [0, 0.1) is 11.7 Å². The van der Waals surface area contributed by atoms with Crippen LogP contribution in [0.3, 0.4) is 0 Å². The van der Waals surface area contributed by atoms with E-state index in [4.69, 9.17) is 5.73 Å². The summed E-state index contributed by atoms with van der Waals surface area (Å²) in [5.41, 5.74) is 5.70. The molecule has 1 aromatic carbocycles. The summed E-state index contributed by atoms with van der Waals surface area (Å²) in [5, 5.41) is 9.94. The first-order chi connectivity index (χ1) is 9.40. The predicted octanol–water partition coefficient (Wildman–Crippen LogP) is 1.82. The van der Waals surface area contributed by atoms with Crippen molar-refractivity contribution in [3.63, 3.8) is 0 Å². The van der Waals surface area contributed by atoms with Gasteiger partial charge in [-0.3, -0.25) is 9.69 Å². The number of carbonyl (C=O) groups is 1. The highest BCUT2D eigenvalue weighted by molar-refractivity contribution is 9.10. The van der Waals surface area contributed by atoms with Crippen molar-refractivity contribution in [1.82, 2.24) is 4.90 Å². The van der Waals surface area contributed by atoms with Crippen molar-refractivity contribution in [2.45, 2.75) is 25.5 Å². The molecule has 1 aliphatic rings. The van der Waals surface area contributed by atoms with Crippen LogP contribution in [0.25, 0.3) is 0 Å². The molecule has 1 saturated heterocycles. The van der Waals surface area contributed by atoms with Crippen LogP contribution in [0.5, 0.6) is 0 Å². The highest BCUT2D eigenvalue weighted by atomic mass is 79.9. The topological polar surface area (TPSA) is 66.6 Å². The van der Waals surface area contributed by atoms with E-state index in [9.17, 15) is 14.3 Å². The number of nitrogens with two attached hydrogens (primary N) is 1. The molecule has 0 radical (unpaired) electrons. The van der Waals surface area contributed by atoms with Crippen LogP contribution in [-0.2, 0) is 4.79 Å². The summed E-state index contributed by atoms with van der Waals surface area (Å²) < 4.78 is 14.7. The Morgan fingerprint density at radius 2 is 2.30 bits per heavy atom. The van der Waals surface area contributed by atoms with Gasteiger partial charge in [-0.1, -0.05) is 28.9 Å². The summed E-state index contributed by atoms with van der Waals surface area (Å²) in [6, 6.07) is 3.70. The number of hydrogen-bond donors (Lipinski definition) is 2. The first-order valence-corrected chi connectivity index (χ1v) is 7.36. The van der Waals surface area contributed by atoms with Gasteiger partial charge in [-0.2, -0.15) is 0 Å². The summed E-state index contributed by atoms with van der Waals surface area (Å²) in [7, 11) is 0. The number of carbonyl (C=O) groups excluding carboxylic acids is 1. The number of aliphatic hydroxyl groups excluding tert-OH is 1. The van der Waals surface area contributed by atoms with Crippen LogP contribution in [0.15, 0.2) is 22.7 Å². The van der Waals surface area contributed by atoms with Gasteiger partial charge in [-0.25, -0.2) is 4.39 Å². The lowest BCUT2D eigenvalue weighted by Crippen LogP contribution is -2.48. The van der Waals surface area contributed by atoms with E-state index >= 15 is 0 Å². The van der Waals surface area contributed by atoms with Crippen molar-refractivity contribution in [2.75, 3.05) is 13.1 Å². The quantitative estimate of drug-likeness (QED) is 0.878. The summed E-state index contributed by atoms with van der Waals surface area (Å²) in [5.74, 6) is -0.904. The van der Waals surface area contributed by atoms with Crippen LogP contribution < -0.4 is 5.73 Å². The van der Waals surface area contributed by atoms with Gasteiger partial charge in [0.05, 0.1) is 6.10 Å². The lowest BCUT2D eigenvalue weighted by molar-refractivity contribution is -0.125. The SMILES string of the molecule is CC1CCN(C(C(N)=O)c2ccc(Br)cc2F)CC1O. The minimum absolute atomic E-state index is 0.176. The highest BCUT2D eigenvalue weighted by Crippen LogP contribution is 2.29. The maximum atomic E-state index is 14.1. The Balaban J connectivity index is 2.30. The smallest absolute Gasteiger partial charge is 0.239 e. The lowest BCUT2D eigenvalue weighted by Gasteiger charge is -2.38. The summed E-state index contributed by atoms with van der Waals surface area (Å²) in [6.45, 7) is 2.90. The molecule has 6 heteroatoms. The Hall–Kier alpha value is -0.980. The zero-order chi connectivity index (χ0) is 14.9. The van der Waals surface area contributed by atoms with Crippen molar-refractivity contribution >= 4 is 21.8 Å². The van der Waals surface area contributed by atoms with Crippen molar-refractivity contribution < 1.29 is 14.3 Å². The minimum Gasteiger partial charge on any atom is -0.392 e. The zero-order valence-electron chi connectivity index (χ0n) is 11.2. The minimum atomic E-state index is -0.842. The molecule has 4 nitrogen and oxygen atoms in total. The zero-order valence-corrected chi connectivity index (χ0v) is 12.8. The van der Waals surface area contributed by atoms with E-state index in [1.54, 1.807) is 17.0 Å². The third kappa shape index (κ3) is 3.19. The fourth-order valence-electron chi connectivity index (χ4n) is 2.56. The standard InChI is InChI=1S/C14H18BrFN2O2/c1-8-4-5-18(7-12(8)19)13(14(17)20)10-3-2-9(15)6-11(10)16/h2-3,6,8,12-13,19H,4-5,7H2,1H3,(H2,17,20). The molecule has 20 heavy (non-hydrogen) atoms. The van der Waals surface area contributed by atoms with Gasteiger partial charge >= 0.3 is 0 Å². The number of β-amino-alcohol motifs (C(OH)–C–C–N with tert-alkyl or cyclic N) is 1. The number of aliphatic hydroxyl groups is 1. The fraction of sp³-hybridized carbons (Fsp3) is 0.500. The van der Waals surface area contributed by atoms with Gasteiger partial charge in [0.15, 0.2) is 0 Å². The molecular weight excluding hydrogens is 327 g/mol. The largest absolute Gasteiger partial charge is 0.392 e. The van der Waals surface area contributed by atoms with Gasteiger partial charge in [0.1, 0.15) is 11.9 Å². The van der Waals surface area contributed by atoms with Crippen molar-refractivity contribution in [1.29, 1.82) is 0 Å². The van der Waals surface area contributed by atoms with Crippen molar-refractivity contribution in [3.05, 3.63) is 34.1 Å². The normalized spacial score (nSPS) is 25.4. The van der Waals surface area contributed by atoms with E-state index in [-0.39, 0.29) is 11.5 Å². The first kappa shape index (κ1) is 15.4. The van der Waals surface area contributed by atoms with E-state index < -0.39 is 23.9 Å². The number of rotatable bonds is 3. The Morgan fingerprint density at radius 1 is 1.60 bits per heavy atom. The average molecular weight is 345 g/mol. The number of nitrogens with zero attached hydrogens (tertiary/aromatic N) is 1. The summed E-state index contributed by atoms with van der Waals surface area (Å²) >= 11 is 3.19. The number of primary amides is 1. The molecule has 0 saturated carbocycles. The van der Waals surface area contributed by atoms with Gasteiger partial charge in [-0.05, 0) is 31.0 Å². The number of halogens is 2. The van der Waals surface area contributed by atoms with Gasteiger partial charge in [0, 0.05) is 16.6 Å². The molecular formula is C14H18BrFN2O2. The van der Waals surface area contributed by atoms with Gasteiger partial charge in [0.2, 0.25) is 5.91 Å². The second-order valence-corrected chi connectivity index (χ2v) is 6.21. The second-order valence-electron chi connectivity index (χ2n) is 5.30. The Labute approximate surface area is 125 Å². The van der Waals surface area contributed by atoms with Gasteiger partial charge < -0.3 is 10.8 Å². The predicted molar refractivity (Wildman–Crippen MR) is 77.4 cm³/mol. The maximum absolute atomic E-state index is 14.1. The Morgan fingerprint density at radius 3 is 2.85 bits per heavy atom. The van der Waals surface area contributed by atoms with Gasteiger partial charge in [0.25, 0.3) is 0 Å². The summed E-state index contributed by atoms with van der Waals surface area (Å²) in [4.78, 5) is 13.5. The number of amides is 1. The van der Waals surface area contributed by atoms with E-state index in [1.807, 2.05) is 6.92 Å². The van der Waals surface area contributed by atoms with Crippen LogP contribution >= 0.6 is 15.9 Å². The van der Waals surface area contributed by atoms with Crippen LogP contribution in [-0.4, -0.2) is 35.1 Å². The highest BCUT2D eigenvalue weighted by Gasteiger charge is 2.34. The molecule has 2 rings (SSSR count). The number of benzene rings is 1. The molecule has 110 valence electrons. The molecule has 1 aliphatic heterocycles. The molecule has 0 bridgehead atoms. The average Bonchev–Trinajstić information content (AvgIpc) is 2.36. The molecule has 1 heterocycles. The molecule has 3 unspecified atom stereocenters. The van der Waals surface area contributed by atoms with Crippen LogP contribution in [0.1, 0.15) is 24.9 Å². The number of piperidine rings is 1. The Kier molecular flexibility index (Phi) is 4.78. The van der Waals surface area contributed by atoms with E-state index in [2.05, 4.69) is 15.9 Å². The first-order valence-electron chi connectivity index (χ1n) is 6.56. The third-order valence-corrected chi connectivity index (χ3v) is 4.34. The molecule has 1 aromatic rings. The van der Waals surface area contributed by atoms with E-state index in [1.165, 1.54) is 6.07 Å². The lowest BCUT2D eigenvalue weighted by atomic mass is 9.93. The van der Waals surface area contributed by atoms with Gasteiger partial charge in [-0.15, -0.1) is 0 Å². The van der Waals surface area contributed by atoms with Crippen LogP contribution in [0.2, 0.25) is 0 Å². The third-order valence-electron chi connectivity index (χ3n) is 3.84. The van der Waals surface area contributed by atoms with Crippen molar-refractivity contribution in [2.24, 2.45) is 11.7 Å². The molecule has 0 aromatic heterocycles. The number of likely N-dealkylation sites (tertiary alicyclic amines) is 1. The monoisotopic (exact) mass is 344 g/mol. The molecule has 3 N–H and O–H groups in total. The molecule has 1 amide bonds. The fourth-order valence-corrected chi connectivity index (χ4v) is 2.89. The molecule has 3 atom stereocenters. The molecule has 0 spiro atoms. The second kappa shape index (κ2) is 6.20. The summed E-state index contributed by atoms with van der Waals surface area (Å²) in [6.07, 6.45) is 0.229. The van der Waals surface area contributed by atoms with E-state index in [0.29, 0.717) is 17.6 Å². The van der Waals surface area contributed by atoms with Crippen molar-refractivity contribution in [3.8, 4) is 0 Å². The molecule has 0 aliphatic carbocycles. The van der Waals surface area contributed by atoms with E-state index in [0.717, 1.165) is 6.42 Å². The number of hydrogen-bond acceptors (Lipinski definition) is 3. The maximum Gasteiger partial charge on any atom is 0.239 e. The Bertz CT molecular complexity index is 512. The molecule has 1 fully saturated rings. The van der Waals surface area contributed by atoms with Crippen LogP contribution in [0.4, 0.5) is 4.39 Å².